The van der Waals surface area contributed by atoms with Crippen LogP contribution in [0, 0.1) is 6.92 Å². The minimum absolute atomic E-state index is 0.610. The fourth-order valence-electron chi connectivity index (χ4n) is 2.02. The Labute approximate surface area is 110 Å². The van der Waals surface area contributed by atoms with E-state index in [2.05, 4.69) is 41.4 Å². The molecule has 0 aliphatic rings. The van der Waals surface area contributed by atoms with Crippen LogP contribution in [0.5, 0.6) is 0 Å². The number of nitrogens with zero attached hydrogens (tertiary/aromatic N) is 1. The first-order valence-electron chi connectivity index (χ1n) is 5.93. The standard InChI is InChI=1S/C15H14N2S/c1-10-2-3-11-8-12(4-6-14(11)17-10)15-7-5-13(9-16)18-15/h2-8H,9,16H2,1H3. The second-order valence-corrected chi connectivity index (χ2v) is 5.50. The van der Waals surface area contributed by atoms with Gasteiger partial charge in [-0.25, -0.2) is 0 Å². The first-order chi connectivity index (χ1) is 8.76. The summed E-state index contributed by atoms with van der Waals surface area (Å²) in [5.74, 6) is 0. The molecular formula is C15H14N2S. The van der Waals surface area contributed by atoms with E-state index in [9.17, 15) is 0 Å². The zero-order valence-corrected chi connectivity index (χ0v) is 11.0. The third-order valence-electron chi connectivity index (χ3n) is 2.98. The van der Waals surface area contributed by atoms with Gasteiger partial charge in [0.1, 0.15) is 0 Å². The quantitative estimate of drug-likeness (QED) is 0.756. The van der Waals surface area contributed by atoms with Crippen molar-refractivity contribution in [2.24, 2.45) is 5.73 Å². The fraction of sp³-hybridized carbons (Fsp3) is 0.133. The molecule has 1 aromatic carbocycles. The number of rotatable bonds is 2. The summed E-state index contributed by atoms with van der Waals surface area (Å²) in [5.41, 5.74) is 8.99. The van der Waals surface area contributed by atoms with Gasteiger partial charge in [0.25, 0.3) is 0 Å². The first-order valence-corrected chi connectivity index (χ1v) is 6.74. The number of aryl methyl sites for hydroxylation is 1. The Morgan fingerprint density at radius 3 is 2.78 bits per heavy atom. The Morgan fingerprint density at radius 1 is 1.11 bits per heavy atom. The van der Waals surface area contributed by atoms with Crippen LogP contribution in [0.2, 0.25) is 0 Å². The fourth-order valence-corrected chi connectivity index (χ4v) is 2.91. The topological polar surface area (TPSA) is 38.9 Å². The van der Waals surface area contributed by atoms with E-state index in [4.69, 9.17) is 5.73 Å². The number of fused-ring (bicyclic) bond motifs is 1. The van der Waals surface area contributed by atoms with E-state index in [1.54, 1.807) is 11.3 Å². The summed E-state index contributed by atoms with van der Waals surface area (Å²) in [6, 6.07) is 14.8. The van der Waals surface area contributed by atoms with Gasteiger partial charge in [-0.3, -0.25) is 4.98 Å². The van der Waals surface area contributed by atoms with Crippen molar-refractivity contribution in [3.8, 4) is 10.4 Å². The highest BCUT2D eigenvalue weighted by atomic mass is 32.1. The van der Waals surface area contributed by atoms with Crippen LogP contribution in [0.4, 0.5) is 0 Å². The molecule has 2 aromatic heterocycles. The number of hydrogen-bond donors (Lipinski definition) is 1. The minimum atomic E-state index is 0.610. The van der Waals surface area contributed by atoms with Gasteiger partial charge in [0.2, 0.25) is 0 Å². The lowest BCUT2D eigenvalue weighted by Gasteiger charge is -2.02. The molecule has 2 nitrogen and oxygen atoms in total. The van der Waals surface area contributed by atoms with Crippen molar-refractivity contribution < 1.29 is 0 Å². The Hall–Kier alpha value is -1.71. The number of thiophene rings is 1. The van der Waals surface area contributed by atoms with Crippen molar-refractivity contribution >= 4 is 22.2 Å². The number of pyridine rings is 1. The molecule has 90 valence electrons. The van der Waals surface area contributed by atoms with E-state index in [0.717, 1.165) is 11.2 Å². The minimum Gasteiger partial charge on any atom is -0.326 e. The van der Waals surface area contributed by atoms with Gasteiger partial charge in [-0.2, -0.15) is 0 Å². The molecule has 3 heteroatoms. The molecule has 3 aromatic rings. The van der Waals surface area contributed by atoms with E-state index >= 15 is 0 Å². The molecule has 0 unspecified atom stereocenters. The lowest BCUT2D eigenvalue weighted by atomic mass is 10.1. The highest BCUT2D eigenvalue weighted by Crippen LogP contribution is 2.30. The predicted octanol–water partition coefficient (Wildman–Crippen LogP) is 3.73. The molecule has 2 N–H and O–H groups in total. The maximum absolute atomic E-state index is 5.65. The Morgan fingerprint density at radius 2 is 2.00 bits per heavy atom. The van der Waals surface area contributed by atoms with Crippen molar-refractivity contribution in [2.45, 2.75) is 13.5 Å². The third-order valence-corrected chi connectivity index (χ3v) is 4.13. The summed E-state index contributed by atoms with van der Waals surface area (Å²) < 4.78 is 0. The summed E-state index contributed by atoms with van der Waals surface area (Å²) in [6.45, 7) is 2.62. The molecule has 18 heavy (non-hydrogen) atoms. The van der Waals surface area contributed by atoms with Crippen LogP contribution in [-0.2, 0) is 6.54 Å². The molecule has 0 spiro atoms. The van der Waals surface area contributed by atoms with Crippen LogP contribution in [0.25, 0.3) is 21.3 Å². The molecule has 0 aliphatic carbocycles. The summed E-state index contributed by atoms with van der Waals surface area (Å²) in [5, 5.41) is 1.18. The molecule has 0 saturated carbocycles. The molecule has 0 amide bonds. The van der Waals surface area contributed by atoms with Gasteiger partial charge in [0, 0.05) is 27.4 Å². The van der Waals surface area contributed by atoms with Crippen molar-refractivity contribution in [3.63, 3.8) is 0 Å². The number of benzene rings is 1. The molecular weight excluding hydrogens is 240 g/mol. The highest BCUT2D eigenvalue weighted by Gasteiger charge is 2.03. The van der Waals surface area contributed by atoms with E-state index in [1.807, 2.05) is 13.0 Å². The third kappa shape index (κ3) is 2.03. The van der Waals surface area contributed by atoms with Crippen molar-refractivity contribution in [1.82, 2.24) is 4.98 Å². The van der Waals surface area contributed by atoms with Crippen LogP contribution in [-0.4, -0.2) is 4.98 Å². The van der Waals surface area contributed by atoms with E-state index in [0.29, 0.717) is 6.54 Å². The summed E-state index contributed by atoms with van der Waals surface area (Å²) in [6.07, 6.45) is 0. The largest absolute Gasteiger partial charge is 0.326 e. The second-order valence-electron chi connectivity index (χ2n) is 4.33. The van der Waals surface area contributed by atoms with Crippen molar-refractivity contribution in [2.75, 3.05) is 0 Å². The highest BCUT2D eigenvalue weighted by molar-refractivity contribution is 7.15. The average Bonchev–Trinajstić information content (AvgIpc) is 2.87. The molecule has 2 heterocycles. The van der Waals surface area contributed by atoms with Gasteiger partial charge in [-0.1, -0.05) is 12.1 Å². The van der Waals surface area contributed by atoms with Crippen LogP contribution >= 0.6 is 11.3 Å². The van der Waals surface area contributed by atoms with Gasteiger partial charge in [0.15, 0.2) is 0 Å². The van der Waals surface area contributed by atoms with E-state index in [-0.39, 0.29) is 0 Å². The number of hydrogen-bond acceptors (Lipinski definition) is 3. The Bertz CT molecular complexity index is 701. The van der Waals surface area contributed by atoms with Crippen LogP contribution in [0.1, 0.15) is 10.6 Å². The number of nitrogens with two attached hydrogens (primary N) is 1. The van der Waals surface area contributed by atoms with Crippen LogP contribution < -0.4 is 5.73 Å². The molecule has 0 saturated heterocycles. The van der Waals surface area contributed by atoms with Crippen LogP contribution in [0.15, 0.2) is 42.5 Å². The smallest absolute Gasteiger partial charge is 0.0705 e. The summed E-state index contributed by atoms with van der Waals surface area (Å²) in [4.78, 5) is 6.99. The molecule has 0 bridgehead atoms. The summed E-state index contributed by atoms with van der Waals surface area (Å²) in [7, 11) is 0. The molecule has 0 fully saturated rings. The first kappa shape index (κ1) is 11.4. The maximum Gasteiger partial charge on any atom is 0.0705 e. The molecule has 3 rings (SSSR count). The van der Waals surface area contributed by atoms with Gasteiger partial charge in [-0.15, -0.1) is 11.3 Å². The van der Waals surface area contributed by atoms with Crippen molar-refractivity contribution in [3.05, 3.63) is 53.0 Å². The maximum atomic E-state index is 5.65. The van der Waals surface area contributed by atoms with E-state index in [1.165, 1.54) is 20.7 Å². The van der Waals surface area contributed by atoms with Gasteiger partial charge in [-0.05, 0) is 42.8 Å². The van der Waals surface area contributed by atoms with Gasteiger partial charge < -0.3 is 5.73 Å². The second kappa shape index (κ2) is 4.52. The lowest BCUT2D eigenvalue weighted by molar-refractivity contribution is 1.11. The van der Waals surface area contributed by atoms with Crippen LogP contribution in [0.3, 0.4) is 0 Å². The molecule has 0 aliphatic heterocycles. The van der Waals surface area contributed by atoms with Crippen molar-refractivity contribution in [1.29, 1.82) is 0 Å². The van der Waals surface area contributed by atoms with E-state index < -0.39 is 0 Å². The molecule has 0 radical (unpaired) electrons. The van der Waals surface area contributed by atoms with Gasteiger partial charge in [0.05, 0.1) is 5.52 Å². The Kier molecular flexibility index (Phi) is 2.86. The normalized spacial score (nSPS) is 11.0. The predicted molar refractivity (Wildman–Crippen MR) is 77.7 cm³/mol. The summed E-state index contributed by atoms with van der Waals surface area (Å²) >= 11 is 1.75. The SMILES string of the molecule is Cc1ccc2cc(-c3ccc(CN)s3)ccc2n1. The monoisotopic (exact) mass is 254 g/mol. The zero-order valence-electron chi connectivity index (χ0n) is 10.2. The van der Waals surface area contributed by atoms with Gasteiger partial charge >= 0.3 is 0 Å². The number of aromatic nitrogens is 1. The average molecular weight is 254 g/mol. The zero-order chi connectivity index (χ0) is 12.5. The molecule has 0 atom stereocenters. The Balaban J connectivity index is 2.10. The lowest BCUT2D eigenvalue weighted by Crippen LogP contribution is -1.91.